The number of fused-ring (bicyclic) bond motifs is 2. The van der Waals surface area contributed by atoms with Crippen molar-refractivity contribution in [1.82, 2.24) is 15.6 Å². The van der Waals surface area contributed by atoms with Gasteiger partial charge in [0.1, 0.15) is 0 Å². The van der Waals surface area contributed by atoms with E-state index in [-0.39, 0.29) is 11.5 Å². The first kappa shape index (κ1) is 19.1. The van der Waals surface area contributed by atoms with Gasteiger partial charge in [0.05, 0.1) is 27.8 Å². The molecule has 1 amide bonds. The lowest BCUT2D eigenvalue weighted by Crippen LogP contribution is -2.44. The fourth-order valence-corrected chi connectivity index (χ4v) is 5.88. The number of aromatic nitrogens is 1. The molecular formula is C20H27N3O2S2. The van der Waals surface area contributed by atoms with E-state index in [1.807, 2.05) is 0 Å². The summed E-state index contributed by atoms with van der Waals surface area (Å²) in [6.07, 6.45) is 3.66. The molecule has 1 fully saturated rings. The van der Waals surface area contributed by atoms with E-state index in [1.54, 1.807) is 22.7 Å². The van der Waals surface area contributed by atoms with Crippen LogP contribution in [0.4, 0.5) is 0 Å². The number of nitrogens with zero attached hydrogens (tertiary/aromatic N) is 1. The molecule has 4 heterocycles. The molecule has 2 N–H and O–H groups in total. The maximum absolute atomic E-state index is 12.7. The minimum atomic E-state index is -0.179. The molecule has 1 spiro atoms. The highest BCUT2D eigenvalue weighted by Gasteiger charge is 2.40. The number of thiazole rings is 1. The standard InChI is InChI=1S/C20H27N3O2S2/c1-13(2)19-23-14(12-26-19)3-7-22-18(24)17-11-15-16(27-17)4-10-25-20(15)5-8-21-9-6-20/h11-13,21H,3-10H2,1-2H3,(H,22,24). The highest BCUT2D eigenvalue weighted by atomic mass is 32.1. The van der Waals surface area contributed by atoms with Crippen LogP contribution in [-0.2, 0) is 23.2 Å². The molecule has 7 heteroatoms. The zero-order chi connectivity index (χ0) is 18.9. The molecule has 1 saturated heterocycles. The molecule has 0 saturated carbocycles. The van der Waals surface area contributed by atoms with E-state index in [1.165, 1.54) is 10.4 Å². The van der Waals surface area contributed by atoms with Crippen molar-refractivity contribution in [2.75, 3.05) is 26.2 Å². The number of nitrogens with one attached hydrogen (secondary N) is 2. The van der Waals surface area contributed by atoms with Crippen LogP contribution < -0.4 is 10.6 Å². The maximum atomic E-state index is 12.7. The van der Waals surface area contributed by atoms with Crippen LogP contribution in [0.5, 0.6) is 0 Å². The predicted octanol–water partition coefficient (Wildman–Crippen LogP) is 3.45. The van der Waals surface area contributed by atoms with Crippen LogP contribution in [0.1, 0.15) is 63.4 Å². The predicted molar refractivity (Wildman–Crippen MR) is 110 cm³/mol. The number of hydrogen-bond acceptors (Lipinski definition) is 6. The molecule has 27 heavy (non-hydrogen) atoms. The lowest BCUT2D eigenvalue weighted by atomic mass is 9.83. The lowest BCUT2D eigenvalue weighted by molar-refractivity contribution is -0.0792. The van der Waals surface area contributed by atoms with E-state index in [2.05, 4.69) is 40.9 Å². The first-order valence-electron chi connectivity index (χ1n) is 9.78. The van der Waals surface area contributed by atoms with E-state index < -0.39 is 0 Å². The third-order valence-electron chi connectivity index (χ3n) is 5.37. The monoisotopic (exact) mass is 405 g/mol. The molecule has 2 aromatic rings. The van der Waals surface area contributed by atoms with Crippen LogP contribution in [-0.4, -0.2) is 37.1 Å². The van der Waals surface area contributed by atoms with E-state index in [4.69, 9.17) is 4.74 Å². The van der Waals surface area contributed by atoms with Crippen molar-refractivity contribution < 1.29 is 9.53 Å². The van der Waals surface area contributed by atoms with Gasteiger partial charge >= 0.3 is 0 Å². The number of ether oxygens (including phenoxy) is 1. The summed E-state index contributed by atoms with van der Waals surface area (Å²) < 4.78 is 6.21. The zero-order valence-electron chi connectivity index (χ0n) is 16.0. The average Bonchev–Trinajstić information content (AvgIpc) is 3.30. The van der Waals surface area contributed by atoms with Crippen LogP contribution in [0, 0.1) is 0 Å². The Labute approximate surface area is 168 Å². The molecule has 0 atom stereocenters. The summed E-state index contributed by atoms with van der Waals surface area (Å²) in [6, 6.07) is 2.08. The Bertz CT molecular complexity index is 806. The molecule has 4 rings (SSSR count). The van der Waals surface area contributed by atoms with Gasteiger partial charge in [-0.15, -0.1) is 22.7 Å². The first-order valence-corrected chi connectivity index (χ1v) is 11.5. The topological polar surface area (TPSA) is 63.2 Å². The minimum absolute atomic E-state index is 0.0257. The van der Waals surface area contributed by atoms with Gasteiger partial charge in [0.15, 0.2) is 0 Å². The molecule has 0 bridgehead atoms. The molecule has 2 aromatic heterocycles. The number of thiophene rings is 1. The summed E-state index contributed by atoms with van der Waals surface area (Å²) in [5.41, 5.74) is 2.14. The molecule has 0 aromatic carbocycles. The summed E-state index contributed by atoms with van der Waals surface area (Å²) in [5.74, 6) is 0.484. The van der Waals surface area contributed by atoms with Crippen molar-refractivity contribution >= 4 is 28.6 Å². The Morgan fingerprint density at radius 1 is 1.41 bits per heavy atom. The highest BCUT2D eigenvalue weighted by Crippen LogP contribution is 2.43. The van der Waals surface area contributed by atoms with Crippen molar-refractivity contribution in [3.63, 3.8) is 0 Å². The first-order chi connectivity index (χ1) is 13.1. The van der Waals surface area contributed by atoms with Crippen LogP contribution >= 0.6 is 22.7 Å². The van der Waals surface area contributed by atoms with Crippen molar-refractivity contribution in [3.05, 3.63) is 37.5 Å². The van der Waals surface area contributed by atoms with Crippen LogP contribution in [0.3, 0.4) is 0 Å². The Balaban J connectivity index is 1.39. The molecule has 0 unspecified atom stereocenters. The number of carbonyl (C=O) groups excluding carboxylic acids is 1. The van der Waals surface area contributed by atoms with Crippen molar-refractivity contribution in [3.8, 4) is 0 Å². The van der Waals surface area contributed by atoms with E-state index >= 15 is 0 Å². The van der Waals surface area contributed by atoms with Gasteiger partial charge in [-0.05, 0) is 37.6 Å². The van der Waals surface area contributed by atoms with Crippen molar-refractivity contribution in [2.45, 2.75) is 51.0 Å². The summed E-state index contributed by atoms with van der Waals surface area (Å²) in [5, 5.41) is 9.74. The van der Waals surface area contributed by atoms with Gasteiger partial charge in [-0.25, -0.2) is 4.98 Å². The fraction of sp³-hybridized carbons (Fsp3) is 0.600. The number of piperidine rings is 1. The molecule has 5 nitrogen and oxygen atoms in total. The third kappa shape index (κ3) is 3.97. The van der Waals surface area contributed by atoms with Crippen LogP contribution in [0.15, 0.2) is 11.4 Å². The van der Waals surface area contributed by atoms with E-state index in [0.717, 1.165) is 61.0 Å². The lowest BCUT2D eigenvalue weighted by Gasteiger charge is -2.40. The van der Waals surface area contributed by atoms with Gasteiger partial charge in [0, 0.05) is 35.6 Å². The summed E-state index contributed by atoms with van der Waals surface area (Å²) in [7, 11) is 0. The van der Waals surface area contributed by atoms with Crippen molar-refractivity contribution in [2.24, 2.45) is 0 Å². The fourth-order valence-electron chi connectivity index (χ4n) is 3.87. The number of carbonyl (C=O) groups is 1. The van der Waals surface area contributed by atoms with Gasteiger partial charge in [-0.1, -0.05) is 13.8 Å². The Hall–Kier alpha value is -1.28. The zero-order valence-corrected chi connectivity index (χ0v) is 17.6. The number of rotatable bonds is 5. The molecule has 0 aliphatic carbocycles. The third-order valence-corrected chi connectivity index (χ3v) is 7.76. The number of amides is 1. The molecule has 0 radical (unpaired) electrons. The van der Waals surface area contributed by atoms with Gasteiger partial charge < -0.3 is 15.4 Å². The Morgan fingerprint density at radius 3 is 2.96 bits per heavy atom. The second-order valence-electron chi connectivity index (χ2n) is 7.63. The molecule has 2 aliphatic heterocycles. The van der Waals surface area contributed by atoms with E-state index in [9.17, 15) is 4.79 Å². The normalized spacial score (nSPS) is 18.6. The SMILES string of the molecule is CC(C)c1nc(CCNC(=O)c2cc3c(s2)CCOC32CCNCC2)cs1. The van der Waals surface area contributed by atoms with Crippen LogP contribution in [0.25, 0.3) is 0 Å². The molecule has 2 aliphatic rings. The second kappa shape index (κ2) is 7.99. The van der Waals surface area contributed by atoms with Crippen molar-refractivity contribution in [1.29, 1.82) is 0 Å². The Morgan fingerprint density at radius 2 is 2.22 bits per heavy atom. The smallest absolute Gasteiger partial charge is 0.261 e. The quantitative estimate of drug-likeness (QED) is 0.800. The van der Waals surface area contributed by atoms with Crippen LogP contribution in [0.2, 0.25) is 0 Å². The summed E-state index contributed by atoms with van der Waals surface area (Å²) in [6.45, 7) is 7.64. The van der Waals surface area contributed by atoms with Gasteiger partial charge in [0.2, 0.25) is 0 Å². The van der Waals surface area contributed by atoms with E-state index in [0.29, 0.717) is 12.5 Å². The summed E-state index contributed by atoms with van der Waals surface area (Å²) >= 11 is 3.34. The minimum Gasteiger partial charge on any atom is -0.370 e. The molecular weight excluding hydrogens is 378 g/mol. The average molecular weight is 406 g/mol. The van der Waals surface area contributed by atoms with Gasteiger partial charge in [-0.2, -0.15) is 0 Å². The largest absolute Gasteiger partial charge is 0.370 e. The number of hydrogen-bond donors (Lipinski definition) is 2. The van der Waals surface area contributed by atoms with Gasteiger partial charge in [-0.3, -0.25) is 4.79 Å². The molecule has 146 valence electrons. The van der Waals surface area contributed by atoms with Gasteiger partial charge in [0.25, 0.3) is 5.91 Å². The Kier molecular flexibility index (Phi) is 5.64. The second-order valence-corrected chi connectivity index (χ2v) is 9.65. The maximum Gasteiger partial charge on any atom is 0.261 e. The highest BCUT2D eigenvalue weighted by molar-refractivity contribution is 7.14. The summed E-state index contributed by atoms with van der Waals surface area (Å²) in [4.78, 5) is 19.4.